The molecule has 0 aliphatic carbocycles. The lowest BCUT2D eigenvalue weighted by atomic mass is 10.1. The molecule has 12 nitrogen and oxygen atoms in total. The highest BCUT2D eigenvalue weighted by Gasteiger charge is 2.14. The summed E-state index contributed by atoms with van der Waals surface area (Å²) in [4.78, 5) is 25.4. The van der Waals surface area contributed by atoms with Gasteiger partial charge in [-0.2, -0.15) is 8.42 Å². The van der Waals surface area contributed by atoms with E-state index in [1.807, 2.05) is 37.3 Å². The number of benzene rings is 2. The first kappa shape index (κ1) is 27.5. The molecule has 180 valence electrons. The predicted molar refractivity (Wildman–Crippen MR) is 121 cm³/mol. The zero-order chi connectivity index (χ0) is 24.9. The molecule has 0 bridgehead atoms. The molecule has 0 aliphatic heterocycles. The van der Waals surface area contributed by atoms with E-state index in [0.29, 0.717) is 12.8 Å². The third kappa shape index (κ3) is 12.2. The van der Waals surface area contributed by atoms with Crippen LogP contribution in [0, 0.1) is 17.0 Å². The van der Waals surface area contributed by atoms with Crippen molar-refractivity contribution in [3.63, 3.8) is 0 Å². The standard InChI is InChI=1S/C13H19N5O4.C7H8O3S/c14-11(7-4-8-16-13(15)17-18(20)21)12(19)22-9-10-5-2-1-3-6-10;1-6-2-4-7(5-3-6)11(8,9)10/h1-3,5-6,11H,4,7-9,14H2,(H3,15,16,17);2-5H,1H3,(H,8,9,10)/t11-;/m1./s1. The molecule has 2 aromatic rings. The minimum absolute atomic E-state index is 0.0666. The topological polar surface area (TPSA) is 200 Å². The van der Waals surface area contributed by atoms with Crippen LogP contribution in [0.4, 0.5) is 0 Å². The number of aliphatic imine (C=N–C) groups is 1. The summed E-state index contributed by atoms with van der Waals surface area (Å²) in [7, 11) is -4.02. The van der Waals surface area contributed by atoms with Crippen LogP contribution in [0.1, 0.15) is 24.0 Å². The minimum Gasteiger partial charge on any atom is -0.460 e. The number of rotatable bonds is 9. The highest BCUT2D eigenvalue weighted by molar-refractivity contribution is 7.85. The Labute approximate surface area is 191 Å². The SMILES string of the molecule is Cc1ccc(S(=O)(=O)O)cc1.NC(=NCCC[C@@H](N)C(=O)OCc1ccccc1)N[N+](=O)[O-]. The van der Waals surface area contributed by atoms with E-state index in [0.717, 1.165) is 11.1 Å². The molecule has 0 saturated carbocycles. The Hall–Kier alpha value is -3.55. The number of hydrogen-bond acceptors (Lipinski definition) is 8. The third-order valence-electron chi connectivity index (χ3n) is 4.01. The molecule has 0 unspecified atom stereocenters. The molecule has 6 N–H and O–H groups in total. The van der Waals surface area contributed by atoms with E-state index in [2.05, 4.69) is 4.99 Å². The number of carbonyl (C=O) groups is 1. The molecule has 0 amide bonds. The minimum atomic E-state index is -4.02. The lowest BCUT2D eigenvalue weighted by Gasteiger charge is -2.10. The molecular weight excluding hydrogens is 454 g/mol. The zero-order valence-corrected chi connectivity index (χ0v) is 18.8. The smallest absolute Gasteiger partial charge is 0.323 e. The number of guanidine groups is 1. The Kier molecular flexibility index (Phi) is 11.5. The summed E-state index contributed by atoms with van der Waals surface area (Å²) in [5.41, 5.74) is 14.5. The lowest BCUT2D eigenvalue weighted by molar-refractivity contribution is -0.525. The number of esters is 1. The number of ether oxygens (including phenoxy) is 1. The Morgan fingerprint density at radius 1 is 1.21 bits per heavy atom. The summed E-state index contributed by atoms with van der Waals surface area (Å²) in [5.74, 6) is -0.783. The maximum atomic E-state index is 11.7. The number of nitrogens with two attached hydrogens (primary N) is 2. The first-order valence-corrected chi connectivity index (χ1v) is 11.1. The van der Waals surface area contributed by atoms with Gasteiger partial charge in [-0.15, -0.1) is 0 Å². The molecule has 0 fully saturated rings. The Bertz CT molecular complexity index is 1030. The van der Waals surface area contributed by atoms with Crippen molar-refractivity contribution >= 4 is 22.0 Å². The van der Waals surface area contributed by atoms with E-state index in [4.69, 9.17) is 20.8 Å². The van der Waals surface area contributed by atoms with E-state index in [1.54, 1.807) is 17.6 Å². The first-order chi connectivity index (χ1) is 15.5. The molecule has 13 heteroatoms. The lowest BCUT2D eigenvalue weighted by Crippen LogP contribution is -2.36. The highest BCUT2D eigenvalue weighted by atomic mass is 32.2. The highest BCUT2D eigenvalue weighted by Crippen LogP contribution is 2.08. The molecule has 33 heavy (non-hydrogen) atoms. The van der Waals surface area contributed by atoms with E-state index in [9.17, 15) is 23.3 Å². The van der Waals surface area contributed by atoms with Gasteiger partial charge in [-0.25, -0.2) is 15.1 Å². The number of aryl methyl sites for hydroxylation is 1. The van der Waals surface area contributed by atoms with Gasteiger partial charge in [0, 0.05) is 6.54 Å². The first-order valence-electron chi connectivity index (χ1n) is 9.70. The summed E-state index contributed by atoms with van der Waals surface area (Å²) < 4.78 is 34.6. The van der Waals surface area contributed by atoms with Crippen LogP contribution in [0.15, 0.2) is 64.5 Å². The van der Waals surface area contributed by atoms with Gasteiger partial charge in [0.1, 0.15) is 12.6 Å². The molecule has 2 aromatic carbocycles. The maximum absolute atomic E-state index is 11.7. The molecular formula is C20H27N5O7S. The van der Waals surface area contributed by atoms with Crippen LogP contribution in [0.3, 0.4) is 0 Å². The summed E-state index contributed by atoms with van der Waals surface area (Å²) in [5, 5.41) is 9.28. The van der Waals surface area contributed by atoms with Crippen molar-refractivity contribution in [2.75, 3.05) is 6.54 Å². The molecule has 0 radical (unpaired) electrons. The van der Waals surface area contributed by atoms with Crippen molar-refractivity contribution in [3.05, 3.63) is 75.8 Å². The van der Waals surface area contributed by atoms with Crippen molar-refractivity contribution in [2.45, 2.75) is 37.3 Å². The van der Waals surface area contributed by atoms with Crippen LogP contribution in [0.2, 0.25) is 0 Å². The molecule has 0 aromatic heterocycles. The van der Waals surface area contributed by atoms with Gasteiger partial charge in [0.2, 0.25) is 0 Å². The van der Waals surface area contributed by atoms with Crippen molar-refractivity contribution in [3.8, 4) is 0 Å². The summed E-state index contributed by atoms with van der Waals surface area (Å²) in [6, 6.07) is 14.5. The van der Waals surface area contributed by atoms with Crippen LogP contribution in [0.5, 0.6) is 0 Å². The largest absolute Gasteiger partial charge is 0.460 e. The normalized spacial score (nSPS) is 12.2. The quantitative estimate of drug-likeness (QED) is 0.0766. The van der Waals surface area contributed by atoms with Gasteiger partial charge in [-0.3, -0.25) is 9.35 Å². The Morgan fingerprint density at radius 3 is 2.36 bits per heavy atom. The monoisotopic (exact) mass is 481 g/mol. The number of nitrogens with zero attached hydrogens (tertiary/aromatic N) is 2. The summed E-state index contributed by atoms with van der Waals surface area (Å²) in [6.07, 6.45) is 0.810. The van der Waals surface area contributed by atoms with Gasteiger partial charge in [0.05, 0.1) is 4.90 Å². The van der Waals surface area contributed by atoms with Gasteiger partial charge >= 0.3 is 5.97 Å². The fourth-order valence-corrected chi connectivity index (χ4v) is 2.78. The van der Waals surface area contributed by atoms with E-state index in [1.165, 1.54) is 12.1 Å². The number of nitro groups is 1. The Balaban J connectivity index is 0.000000412. The average molecular weight is 482 g/mol. The van der Waals surface area contributed by atoms with Crippen molar-refractivity contribution in [2.24, 2.45) is 16.5 Å². The molecule has 0 heterocycles. The summed E-state index contributed by atoms with van der Waals surface area (Å²) in [6.45, 7) is 2.24. The van der Waals surface area contributed by atoms with Crippen molar-refractivity contribution in [1.29, 1.82) is 0 Å². The van der Waals surface area contributed by atoms with Crippen LogP contribution in [0.25, 0.3) is 0 Å². The number of hydrazine groups is 1. The van der Waals surface area contributed by atoms with E-state index in [-0.39, 0.29) is 24.0 Å². The molecule has 0 aliphatic rings. The van der Waals surface area contributed by atoms with Crippen LogP contribution in [-0.2, 0) is 26.3 Å². The Morgan fingerprint density at radius 2 is 1.82 bits per heavy atom. The fraction of sp³-hybridized carbons (Fsp3) is 0.300. The fourth-order valence-electron chi connectivity index (χ4n) is 2.30. The molecule has 1 atom stereocenters. The van der Waals surface area contributed by atoms with Gasteiger partial charge < -0.3 is 16.2 Å². The number of hydrogen-bond donors (Lipinski definition) is 4. The van der Waals surface area contributed by atoms with Gasteiger partial charge in [0.25, 0.3) is 16.1 Å². The van der Waals surface area contributed by atoms with Gasteiger partial charge in [0.15, 0.2) is 5.03 Å². The van der Waals surface area contributed by atoms with Crippen LogP contribution < -0.4 is 16.9 Å². The molecule has 0 saturated heterocycles. The zero-order valence-electron chi connectivity index (χ0n) is 18.0. The third-order valence-corrected chi connectivity index (χ3v) is 4.87. The second-order valence-corrected chi connectivity index (χ2v) is 8.19. The van der Waals surface area contributed by atoms with Gasteiger partial charge in [-0.1, -0.05) is 53.5 Å². The van der Waals surface area contributed by atoms with Crippen molar-refractivity contribution in [1.82, 2.24) is 5.43 Å². The van der Waals surface area contributed by atoms with E-state index < -0.39 is 27.2 Å². The summed E-state index contributed by atoms with van der Waals surface area (Å²) >= 11 is 0. The number of nitrogens with one attached hydrogen (secondary N) is 1. The second-order valence-electron chi connectivity index (χ2n) is 6.77. The molecule has 0 spiro atoms. The van der Waals surface area contributed by atoms with E-state index >= 15 is 0 Å². The average Bonchev–Trinajstić information content (AvgIpc) is 2.75. The number of carbonyl (C=O) groups excluding carboxylic acids is 1. The van der Waals surface area contributed by atoms with Crippen LogP contribution in [-0.4, -0.2) is 42.5 Å². The second kappa shape index (κ2) is 13.8. The maximum Gasteiger partial charge on any atom is 0.323 e. The van der Waals surface area contributed by atoms with Crippen molar-refractivity contribution < 1.29 is 27.5 Å². The van der Waals surface area contributed by atoms with Crippen LogP contribution >= 0.6 is 0 Å². The molecule has 2 rings (SSSR count). The van der Waals surface area contributed by atoms with Gasteiger partial charge in [-0.05, 0) is 37.5 Å². The predicted octanol–water partition coefficient (Wildman–Crippen LogP) is 1.18.